The predicted octanol–water partition coefficient (Wildman–Crippen LogP) is 3.69. The number of phenols is 1. The van der Waals surface area contributed by atoms with Crippen LogP contribution < -0.4 is 5.73 Å². The number of hydrogen-bond donors (Lipinski definition) is 3. The van der Waals surface area contributed by atoms with Gasteiger partial charge in [-0.15, -0.1) is 0 Å². The lowest BCUT2D eigenvalue weighted by Gasteiger charge is -2.14. The highest BCUT2D eigenvalue weighted by Crippen LogP contribution is 2.35. The van der Waals surface area contributed by atoms with Crippen LogP contribution in [-0.4, -0.2) is 20.1 Å². The first-order valence-electron chi connectivity index (χ1n) is 7.15. The quantitative estimate of drug-likeness (QED) is 0.684. The van der Waals surface area contributed by atoms with E-state index in [4.69, 9.17) is 17.3 Å². The summed E-state index contributed by atoms with van der Waals surface area (Å²) in [6.07, 6.45) is 3.43. The van der Waals surface area contributed by atoms with E-state index in [0.717, 1.165) is 16.8 Å². The zero-order chi connectivity index (χ0) is 16.6. The van der Waals surface area contributed by atoms with Crippen molar-refractivity contribution in [3.8, 4) is 28.3 Å². The summed E-state index contributed by atoms with van der Waals surface area (Å²) in [6, 6.07) is 8.83. The van der Waals surface area contributed by atoms with Crippen LogP contribution in [0.4, 0.5) is 0 Å². The Morgan fingerprint density at radius 1 is 1.13 bits per heavy atom. The van der Waals surface area contributed by atoms with Crippen LogP contribution in [0, 0.1) is 0 Å². The number of aromatic nitrogens is 3. The lowest BCUT2D eigenvalue weighted by atomic mass is 10.1. The van der Waals surface area contributed by atoms with Crippen molar-refractivity contribution >= 4 is 11.6 Å². The Morgan fingerprint density at radius 2 is 1.83 bits per heavy atom. The summed E-state index contributed by atoms with van der Waals surface area (Å²) in [5.41, 5.74) is 8.78. The van der Waals surface area contributed by atoms with Crippen LogP contribution in [0.1, 0.15) is 19.7 Å². The Kier molecular flexibility index (Phi) is 3.83. The molecule has 5 nitrogen and oxygen atoms in total. The zero-order valence-corrected chi connectivity index (χ0v) is 13.6. The molecule has 0 saturated carbocycles. The van der Waals surface area contributed by atoms with Crippen molar-refractivity contribution in [3.63, 3.8) is 0 Å². The third-order valence-electron chi connectivity index (χ3n) is 3.50. The molecule has 0 aliphatic heterocycles. The Bertz CT molecular complexity index is 838. The fourth-order valence-electron chi connectivity index (χ4n) is 2.27. The largest absolute Gasteiger partial charge is 0.506 e. The van der Waals surface area contributed by atoms with Gasteiger partial charge in [0.15, 0.2) is 0 Å². The molecule has 0 amide bonds. The van der Waals surface area contributed by atoms with Crippen LogP contribution in [0.2, 0.25) is 5.02 Å². The van der Waals surface area contributed by atoms with E-state index < -0.39 is 5.54 Å². The van der Waals surface area contributed by atoms with Crippen molar-refractivity contribution in [2.24, 2.45) is 5.73 Å². The predicted molar refractivity (Wildman–Crippen MR) is 91.1 cm³/mol. The Morgan fingerprint density at radius 3 is 2.43 bits per heavy atom. The first kappa shape index (κ1) is 15.5. The summed E-state index contributed by atoms with van der Waals surface area (Å²) in [6.45, 7) is 3.76. The molecule has 6 heteroatoms. The summed E-state index contributed by atoms with van der Waals surface area (Å²) in [5.74, 6) is 0.676. The number of benzene rings is 1. The minimum atomic E-state index is -0.617. The molecule has 3 aromatic rings. The lowest BCUT2D eigenvalue weighted by Crippen LogP contribution is -2.30. The molecule has 0 radical (unpaired) electrons. The molecule has 23 heavy (non-hydrogen) atoms. The molecule has 0 bridgehead atoms. The normalized spacial score (nSPS) is 11.7. The van der Waals surface area contributed by atoms with Gasteiger partial charge in [0, 0.05) is 23.5 Å². The zero-order valence-electron chi connectivity index (χ0n) is 12.8. The Hall–Kier alpha value is -2.37. The number of H-pyrrole nitrogens is 1. The van der Waals surface area contributed by atoms with Gasteiger partial charge in [-0.25, -0.2) is 4.98 Å². The van der Waals surface area contributed by atoms with E-state index in [2.05, 4.69) is 15.0 Å². The number of phenolic OH excluding ortho intramolecular Hbond substituents is 1. The van der Waals surface area contributed by atoms with Crippen LogP contribution in [0.3, 0.4) is 0 Å². The number of aromatic hydroxyl groups is 1. The molecule has 3 rings (SSSR count). The van der Waals surface area contributed by atoms with E-state index in [9.17, 15) is 5.11 Å². The Balaban J connectivity index is 2.22. The van der Waals surface area contributed by atoms with Gasteiger partial charge in [-0.1, -0.05) is 17.7 Å². The Labute approximate surface area is 139 Å². The van der Waals surface area contributed by atoms with Gasteiger partial charge in [-0.05, 0) is 38.1 Å². The van der Waals surface area contributed by atoms with Crippen molar-refractivity contribution in [1.82, 2.24) is 15.0 Å². The summed E-state index contributed by atoms with van der Waals surface area (Å²) in [7, 11) is 0. The molecule has 0 aliphatic rings. The van der Waals surface area contributed by atoms with E-state index in [1.165, 1.54) is 0 Å². The van der Waals surface area contributed by atoms with Crippen molar-refractivity contribution in [3.05, 3.63) is 53.6 Å². The van der Waals surface area contributed by atoms with Crippen LogP contribution >= 0.6 is 11.6 Å². The van der Waals surface area contributed by atoms with Crippen molar-refractivity contribution in [1.29, 1.82) is 0 Å². The molecule has 1 aromatic carbocycles. The van der Waals surface area contributed by atoms with E-state index >= 15 is 0 Å². The highest BCUT2D eigenvalue weighted by Gasteiger charge is 2.23. The number of nitrogens with two attached hydrogens (primary N) is 1. The third-order valence-corrected chi connectivity index (χ3v) is 3.82. The standard InChI is InChI=1S/C17H17ClN4O/c1-17(2,19)16-21-14(10-5-7-20-8-6-10)15(22-16)11-3-4-12(18)13(23)9-11/h3-9,23H,19H2,1-2H3,(H,21,22). The second kappa shape index (κ2) is 5.68. The van der Waals surface area contributed by atoms with Gasteiger partial charge in [-0.2, -0.15) is 0 Å². The van der Waals surface area contributed by atoms with Gasteiger partial charge < -0.3 is 15.8 Å². The second-order valence-corrected chi connectivity index (χ2v) is 6.34. The van der Waals surface area contributed by atoms with Gasteiger partial charge in [0.2, 0.25) is 0 Å². The molecule has 0 atom stereocenters. The van der Waals surface area contributed by atoms with E-state index in [-0.39, 0.29) is 5.75 Å². The van der Waals surface area contributed by atoms with E-state index in [1.54, 1.807) is 24.5 Å². The molecule has 118 valence electrons. The van der Waals surface area contributed by atoms with Crippen molar-refractivity contribution < 1.29 is 5.11 Å². The van der Waals surface area contributed by atoms with Crippen molar-refractivity contribution in [2.75, 3.05) is 0 Å². The molecular formula is C17H17ClN4O. The SMILES string of the molecule is CC(C)(N)c1nc(-c2ccc(Cl)c(O)c2)c(-c2ccncc2)[nH]1. The molecule has 0 unspecified atom stereocenters. The maximum Gasteiger partial charge on any atom is 0.134 e. The highest BCUT2D eigenvalue weighted by molar-refractivity contribution is 6.32. The third kappa shape index (κ3) is 3.06. The summed E-state index contributed by atoms with van der Waals surface area (Å²) >= 11 is 5.90. The molecule has 2 aromatic heterocycles. The van der Waals surface area contributed by atoms with Gasteiger partial charge in [-0.3, -0.25) is 4.98 Å². The van der Waals surface area contributed by atoms with Gasteiger partial charge >= 0.3 is 0 Å². The number of halogens is 1. The number of imidazole rings is 1. The van der Waals surface area contributed by atoms with Gasteiger partial charge in [0.25, 0.3) is 0 Å². The van der Waals surface area contributed by atoms with E-state index in [0.29, 0.717) is 16.5 Å². The molecular weight excluding hydrogens is 312 g/mol. The maximum absolute atomic E-state index is 9.88. The first-order valence-corrected chi connectivity index (χ1v) is 7.52. The van der Waals surface area contributed by atoms with Gasteiger partial charge in [0.05, 0.1) is 21.9 Å². The molecule has 0 aliphatic carbocycles. The summed E-state index contributed by atoms with van der Waals surface area (Å²) in [4.78, 5) is 12.0. The number of pyridine rings is 1. The number of nitrogens with zero attached hydrogens (tertiary/aromatic N) is 2. The molecule has 0 fully saturated rings. The van der Waals surface area contributed by atoms with Crippen LogP contribution in [-0.2, 0) is 5.54 Å². The van der Waals surface area contributed by atoms with Crippen LogP contribution in [0.25, 0.3) is 22.5 Å². The van der Waals surface area contributed by atoms with Gasteiger partial charge in [0.1, 0.15) is 11.6 Å². The van der Waals surface area contributed by atoms with E-state index in [1.807, 2.05) is 32.0 Å². The van der Waals surface area contributed by atoms with Crippen molar-refractivity contribution in [2.45, 2.75) is 19.4 Å². The average Bonchev–Trinajstić information content (AvgIpc) is 2.96. The smallest absolute Gasteiger partial charge is 0.134 e. The second-order valence-electron chi connectivity index (χ2n) is 5.93. The minimum Gasteiger partial charge on any atom is -0.506 e. The minimum absolute atomic E-state index is 0.0152. The first-order chi connectivity index (χ1) is 10.9. The highest BCUT2D eigenvalue weighted by atomic mass is 35.5. The average molecular weight is 329 g/mol. The monoisotopic (exact) mass is 328 g/mol. The molecule has 2 heterocycles. The fourth-order valence-corrected chi connectivity index (χ4v) is 2.39. The lowest BCUT2D eigenvalue weighted by molar-refractivity contribution is 0.476. The molecule has 0 spiro atoms. The molecule has 0 saturated heterocycles. The fraction of sp³-hybridized carbons (Fsp3) is 0.176. The van der Waals surface area contributed by atoms with Crippen LogP contribution in [0.5, 0.6) is 5.75 Å². The van der Waals surface area contributed by atoms with Crippen LogP contribution in [0.15, 0.2) is 42.7 Å². The topological polar surface area (TPSA) is 87.8 Å². The number of hydrogen-bond acceptors (Lipinski definition) is 4. The maximum atomic E-state index is 9.88. The summed E-state index contributed by atoms with van der Waals surface area (Å²) < 4.78 is 0. The number of rotatable bonds is 3. The number of nitrogens with one attached hydrogen (secondary N) is 1. The number of aromatic amines is 1. The molecule has 4 N–H and O–H groups in total. The summed E-state index contributed by atoms with van der Waals surface area (Å²) in [5, 5.41) is 10.2.